The molecule has 0 aromatic carbocycles. The number of halogens is 3. The zero-order valence-corrected chi connectivity index (χ0v) is 11.2. The van der Waals surface area contributed by atoms with Crippen LogP contribution in [0.25, 0.3) is 0 Å². The van der Waals surface area contributed by atoms with Gasteiger partial charge in [-0.3, -0.25) is 4.90 Å². The summed E-state index contributed by atoms with van der Waals surface area (Å²) in [6.45, 7) is 6.23. The Balaban J connectivity index is 2.00. The number of nitrogens with zero attached hydrogens (tertiary/aromatic N) is 2. The number of aromatic nitrogens is 1. The van der Waals surface area contributed by atoms with E-state index in [9.17, 15) is 13.2 Å². The summed E-state index contributed by atoms with van der Waals surface area (Å²) in [5, 5.41) is 2.94. The molecule has 0 amide bonds. The highest BCUT2D eigenvalue weighted by Gasteiger charge is 2.34. The van der Waals surface area contributed by atoms with Gasteiger partial charge in [0.05, 0.1) is 5.56 Å². The predicted molar refractivity (Wildman–Crippen MR) is 72.5 cm³/mol. The fraction of sp³-hybridized carbons (Fsp3) is 0.500. The van der Waals surface area contributed by atoms with E-state index >= 15 is 0 Å². The maximum absolute atomic E-state index is 12.9. The fourth-order valence-electron chi connectivity index (χ4n) is 2.38. The van der Waals surface area contributed by atoms with E-state index in [1.165, 1.54) is 12.3 Å². The Morgan fingerprint density at radius 3 is 2.70 bits per heavy atom. The first kappa shape index (κ1) is 14.8. The van der Waals surface area contributed by atoms with Gasteiger partial charge >= 0.3 is 6.18 Å². The normalized spacial score (nSPS) is 17.9. The van der Waals surface area contributed by atoms with Crippen LogP contribution in [0.4, 0.5) is 19.0 Å². The maximum atomic E-state index is 12.9. The van der Waals surface area contributed by atoms with Crippen LogP contribution in [0, 0.1) is 0 Å². The van der Waals surface area contributed by atoms with Crippen molar-refractivity contribution in [1.29, 1.82) is 0 Å². The highest BCUT2D eigenvalue weighted by Crippen LogP contribution is 2.34. The molecule has 0 bridgehead atoms. The zero-order valence-electron chi connectivity index (χ0n) is 11.2. The first-order valence-electron chi connectivity index (χ1n) is 6.62. The summed E-state index contributed by atoms with van der Waals surface area (Å²) in [6, 6.07) is 2.40. The van der Waals surface area contributed by atoms with Crippen LogP contribution in [0.1, 0.15) is 18.4 Å². The second-order valence-corrected chi connectivity index (χ2v) is 4.91. The molecule has 20 heavy (non-hydrogen) atoms. The van der Waals surface area contributed by atoms with Crippen LogP contribution in [0.3, 0.4) is 0 Å². The molecule has 1 aliphatic heterocycles. The van der Waals surface area contributed by atoms with Gasteiger partial charge in [0, 0.05) is 31.9 Å². The number of anilines is 1. The molecule has 0 radical (unpaired) electrons. The first-order valence-corrected chi connectivity index (χ1v) is 6.62. The minimum atomic E-state index is -4.37. The Labute approximate surface area is 116 Å². The van der Waals surface area contributed by atoms with Crippen LogP contribution in [0.15, 0.2) is 31.0 Å². The van der Waals surface area contributed by atoms with Gasteiger partial charge in [0.15, 0.2) is 0 Å². The molecular weight excluding hydrogens is 267 g/mol. The van der Waals surface area contributed by atoms with Crippen molar-refractivity contribution in [3.8, 4) is 0 Å². The minimum Gasteiger partial charge on any atom is -0.367 e. The molecule has 110 valence electrons. The molecule has 1 saturated heterocycles. The monoisotopic (exact) mass is 285 g/mol. The molecule has 0 spiro atoms. The van der Waals surface area contributed by atoms with Crippen LogP contribution in [-0.2, 0) is 6.18 Å². The molecule has 0 saturated carbocycles. The average Bonchev–Trinajstić information content (AvgIpc) is 2.41. The molecule has 6 heteroatoms. The number of alkyl halides is 3. The highest BCUT2D eigenvalue weighted by atomic mass is 19.4. The van der Waals surface area contributed by atoms with Gasteiger partial charge in [0.2, 0.25) is 0 Å². The lowest BCUT2D eigenvalue weighted by atomic mass is 10.0. The number of likely N-dealkylation sites (tertiary alicyclic amines) is 1. The third-order valence-electron chi connectivity index (χ3n) is 3.43. The van der Waals surface area contributed by atoms with Gasteiger partial charge in [-0.2, -0.15) is 13.2 Å². The van der Waals surface area contributed by atoms with E-state index in [2.05, 4.69) is 21.8 Å². The second kappa shape index (κ2) is 6.26. The predicted octanol–water partition coefficient (Wildman–Crippen LogP) is 3.16. The molecule has 2 heterocycles. The van der Waals surface area contributed by atoms with E-state index in [1.807, 2.05) is 6.08 Å². The molecule has 1 aliphatic rings. The Kier molecular flexibility index (Phi) is 4.65. The summed E-state index contributed by atoms with van der Waals surface area (Å²) in [7, 11) is 0. The fourth-order valence-corrected chi connectivity index (χ4v) is 2.38. The third kappa shape index (κ3) is 3.72. The summed E-state index contributed by atoms with van der Waals surface area (Å²) < 4.78 is 38.6. The van der Waals surface area contributed by atoms with Crippen LogP contribution < -0.4 is 5.32 Å². The standard InChI is InChI=1S/C14H18F3N3/c1-2-8-20-9-5-11(6-10-20)19-13-12(14(15,16)17)4-3-7-18-13/h2-4,7,11H,1,5-6,8-10H2,(H,18,19). The van der Waals surface area contributed by atoms with E-state index < -0.39 is 11.7 Å². The van der Waals surface area contributed by atoms with E-state index in [4.69, 9.17) is 0 Å². The van der Waals surface area contributed by atoms with Gasteiger partial charge < -0.3 is 5.32 Å². The van der Waals surface area contributed by atoms with Gasteiger partial charge in [-0.25, -0.2) is 4.98 Å². The van der Waals surface area contributed by atoms with Gasteiger partial charge in [0.25, 0.3) is 0 Å². The van der Waals surface area contributed by atoms with Gasteiger partial charge in [0.1, 0.15) is 5.82 Å². The topological polar surface area (TPSA) is 28.2 Å². The lowest BCUT2D eigenvalue weighted by molar-refractivity contribution is -0.137. The molecule has 0 aliphatic carbocycles. The number of rotatable bonds is 4. The molecule has 0 atom stereocenters. The van der Waals surface area contributed by atoms with Gasteiger partial charge in [-0.05, 0) is 25.0 Å². The van der Waals surface area contributed by atoms with Gasteiger partial charge in [-0.1, -0.05) is 6.08 Å². The molecule has 1 fully saturated rings. The van der Waals surface area contributed by atoms with E-state index in [0.29, 0.717) is 0 Å². The van der Waals surface area contributed by atoms with Gasteiger partial charge in [-0.15, -0.1) is 6.58 Å². The van der Waals surface area contributed by atoms with E-state index in [-0.39, 0.29) is 11.9 Å². The zero-order chi connectivity index (χ0) is 14.6. The van der Waals surface area contributed by atoms with Crippen molar-refractivity contribution in [2.45, 2.75) is 25.1 Å². The molecule has 1 N–H and O–H groups in total. The van der Waals surface area contributed by atoms with Crippen molar-refractivity contribution in [3.63, 3.8) is 0 Å². The maximum Gasteiger partial charge on any atom is 0.419 e. The molecule has 1 aromatic rings. The van der Waals surface area contributed by atoms with Crippen LogP contribution in [0.5, 0.6) is 0 Å². The van der Waals surface area contributed by atoms with Crippen molar-refractivity contribution < 1.29 is 13.2 Å². The number of nitrogens with one attached hydrogen (secondary N) is 1. The summed E-state index contributed by atoms with van der Waals surface area (Å²) in [4.78, 5) is 6.06. The van der Waals surface area contributed by atoms with Crippen LogP contribution in [0.2, 0.25) is 0 Å². The Hall–Kier alpha value is -1.56. The second-order valence-electron chi connectivity index (χ2n) is 4.91. The van der Waals surface area contributed by atoms with Crippen molar-refractivity contribution in [2.24, 2.45) is 0 Å². The summed E-state index contributed by atoms with van der Waals surface area (Å²) in [5.41, 5.74) is -0.700. The highest BCUT2D eigenvalue weighted by molar-refractivity contribution is 5.46. The van der Waals surface area contributed by atoms with Crippen molar-refractivity contribution in [3.05, 3.63) is 36.5 Å². The average molecular weight is 285 g/mol. The Morgan fingerprint density at radius 2 is 2.10 bits per heavy atom. The van der Waals surface area contributed by atoms with Crippen molar-refractivity contribution >= 4 is 5.82 Å². The van der Waals surface area contributed by atoms with Crippen LogP contribution in [-0.4, -0.2) is 35.6 Å². The number of piperidine rings is 1. The van der Waals surface area contributed by atoms with Crippen LogP contribution >= 0.6 is 0 Å². The molecule has 1 aromatic heterocycles. The summed E-state index contributed by atoms with van der Waals surface area (Å²) >= 11 is 0. The van der Waals surface area contributed by atoms with E-state index in [1.54, 1.807) is 0 Å². The lowest BCUT2D eigenvalue weighted by Crippen LogP contribution is -2.39. The van der Waals surface area contributed by atoms with E-state index in [0.717, 1.165) is 38.5 Å². The number of hydrogen-bond donors (Lipinski definition) is 1. The molecular formula is C14H18F3N3. The third-order valence-corrected chi connectivity index (χ3v) is 3.43. The lowest BCUT2D eigenvalue weighted by Gasteiger charge is -2.32. The Morgan fingerprint density at radius 1 is 1.40 bits per heavy atom. The largest absolute Gasteiger partial charge is 0.419 e. The first-order chi connectivity index (χ1) is 9.50. The summed E-state index contributed by atoms with van der Waals surface area (Å²) in [5.74, 6) is -0.0674. The SMILES string of the molecule is C=CCN1CCC(Nc2ncccc2C(F)(F)F)CC1. The Bertz CT molecular complexity index is 451. The van der Waals surface area contributed by atoms with Crippen molar-refractivity contribution in [1.82, 2.24) is 9.88 Å². The molecule has 3 nitrogen and oxygen atoms in total. The number of hydrogen-bond acceptors (Lipinski definition) is 3. The quantitative estimate of drug-likeness (QED) is 0.861. The molecule has 0 unspecified atom stereocenters. The van der Waals surface area contributed by atoms with Crippen molar-refractivity contribution in [2.75, 3.05) is 25.0 Å². The minimum absolute atomic E-state index is 0.0343. The smallest absolute Gasteiger partial charge is 0.367 e. The molecule has 2 rings (SSSR count). The number of pyridine rings is 1. The summed E-state index contributed by atoms with van der Waals surface area (Å²) in [6.07, 6.45) is 0.461.